The molecule has 1 fully saturated rings. The summed E-state index contributed by atoms with van der Waals surface area (Å²) in [6.45, 7) is 4.99. The van der Waals surface area contributed by atoms with Crippen LogP contribution in [0, 0.1) is 5.92 Å². The fourth-order valence-electron chi connectivity index (χ4n) is 2.53. The van der Waals surface area contributed by atoms with Gasteiger partial charge in [0.25, 0.3) is 0 Å². The molecule has 1 aromatic carbocycles. The van der Waals surface area contributed by atoms with Crippen molar-refractivity contribution in [3.63, 3.8) is 0 Å². The second-order valence-electron chi connectivity index (χ2n) is 4.54. The number of halogens is 1. The molecule has 0 radical (unpaired) electrons. The second-order valence-corrected chi connectivity index (χ2v) is 5.46. The minimum Gasteiger partial charge on any atom is -0.381 e. The van der Waals surface area contributed by atoms with Crippen LogP contribution in [0.25, 0.3) is 0 Å². The Bertz CT molecular complexity index is 350. The van der Waals surface area contributed by atoms with Crippen LogP contribution >= 0.6 is 15.9 Å². The standard InChI is InChI=1S/C14H20BrNO/c1-2-16-14(11-6-8-17-9-7-11)12-4-3-5-13(15)10-12/h3-5,10-11,14,16H,2,6-9H2,1H3. The molecular formula is C14H20BrNO. The maximum absolute atomic E-state index is 5.45. The summed E-state index contributed by atoms with van der Waals surface area (Å²) in [6, 6.07) is 9.09. The lowest BCUT2D eigenvalue weighted by molar-refractivity contribution is 0.0538. The summed E-state index contributed by atoms with van der Waals surface area (Å²) in [4.78, 5) is 0. The third kappa shape index (κ3) is 3.54. The molecule has 1 atom stereocenters. The highest BCUT2D eigenvalue weighted by Gasteiger charge is 2.24. The number of nitrogens with one attached hydrogen (secondary N) is 1. The van der Waals surface area contributed by atoms with Gasteiger partial charge in [-0.3, -0.25) is 0 Å². The second kappa shape index (κ2) is 6.53. The summed E-state index contributed by atoms with van der Waals surface area (Å²) in [5.41, 5.74) is 1.38. The van der Waals surface area contributed by atoms with Crippen molar-refractivity contribution < 1.29 is 4.74 Å². The first-order valence-corrected chi connectivity index (χ1v) is 7.17. The van der Waals surface area contributed by atoms with Gasteiger partial charge in [0.15, 0.2) is 0 Å². The molecule has 0 bridgehead atoms. The predicted octanol–water partition coefficient (Wildman–Crippen LogP) is 3.53. The summed E-state index contributed by atoms with van der Waals surface area (Å²) < 4.78 is 6.61. The monoisotopic (exact) mass is 297 g/mol. The van der Waals surface area contributed by atoms with Crippen molar-refractivity contribution in [2.24, 2.45) is 5.92 Å². The minimum absolute atomic E-state index is 0.460. The molecule has 1 unspecified atom stereocenters. The Hall–Kier alpha value is -0.380. The quantitative estimate of drug-likeness (QED) is 0.918. The fraction of sp³-hybridized carbons (Fsp3) is 0.571. The van der Waals surface area contributed by atoms with Crippen LogP contribution in [0.15, 0.2) is 28.7 Å². The molecule has 0 aliphatic carbocycles. The number of rotatable bonds is 4. The number of hydrogen-bond acceptors (Lipinski definition) is 2. The van der Waals surface area contributed by atoms with E-state index in [4.69, 9.17) is 4.74 Å². The summed E-state index contributed by atoms with van der Waals surface area (Å²) in [6.07, 6.45) is 2.31. The van der Waals surface area contributed by atoms with E-state index in [-0.39, 0.29) is 0 Å². The minimum atomic E-state index is 0.460. The molecule has 3 heteroatoms. The van der Waals surface area contributed by atoms with Crippen LogP contribution in [0.2, 0.25) is 0 Å². The van der Waals surface area contributed by atoms with Crippen LogP contribution in [-0.2, 0) is 4.74 Å². The summed E-state index contributed by atoms with van der Waals surface area (Å²) in [5.74, 6) is 0.693. The molecular weight excluding hydrogens is 278 g/mol. The van der Waals surface area contributed by atoms with Gasteiger partial charge >= 0.3 is 0 Å². The number of ether oxygens (including phenoxy) is 1. The first kappa shape index (κ1) is 13.1. The van der Waals surface area contributed by atoms with Gasteiger partial charge in [-0.25, -0.2) is 0 Å². The third-order valence-corrected chi connectivity index (χ3v) is 3.86. The molecule has 1 saturated heterocycles. The van der Waals surface area contributed by atoms with E-state index in [0.717, 1.165) is 37.1 Å². The fourth-order valence-corrected chi connectivity index (χ4v) is 2.94. The summed E-state index contributed by atoms with van der Waals surface area (Å²) in [5, 5.41) is 3.62. The van der Waals surface area contributed by atoms with Crippen molar-refractivity contribution >= 4 is 15.9 Å². The van der Waals surface area contributed by atoms with Crippen molar-refractivity contribution in [1.82, 2.24) is 5.32 Å². The lowest BCUT2D eigenvalue weighted by Crippen LogP contribution is -2.32. The van der Waals surface area contributed by atoms with Crippen LogP contribution < -0.4 is 5.32 Å². The van der Waals surface area contributed by atoms with Gasteiger partial charge in [0.1, 0.15) is 0 Å². The molecule has 1 heterocycles. The Kier molecular flexibility index (Phi) is 5.01. The Morgan fingerprint density at radius 3 is 2.82 bits per heavy atom. The molecule has 0 spiro atoms. The zero-order valence-corrected chi connectivity index (χ0v) is 11.9. The predicted molar refractivity (Wildman–Crippen MR) is 74.1 cm³/mol. The van der Waals surface area contributed by atoms with Crippen molar-refractivity contribution in [3.05, 3.63) is 34.3 Å². The molecule has 2 rings (SSSR count). The van der Waals surface area contributed by atoms with Gasteiger partial charge in [0, 0.05) is 23.7 Å². The van der Waals surface area contributed by atoms with Crippen LogP contribution in [0.4, 0.5) is 0 Å². The normalized spacial score (nSPS) is 19.2. The molecule has 0 saturated carbocycles. The van der Waals surface area contributed by atoms with Gasteiger partial charge in [-0.05, 0) is 43.0 Å². The topological polar surface area (TPSA) is 21.3 Å². The van der Waals surface area contributed by atoms with E-state index in [1.165, 1.54) is 5.56 Å². The highest BCUT2D eigenvalue weighted by molar-refractivity contribution is 9.10. The van der Waals surface area contributed by atoms with Crippen LogP contribution in [0.5, 0.6) is 0 Å². The SMILES string of the molecule is CCNC(c1cccc(Br)c1)C1CCOCC1. The Morgan fingerprint density at radius 2 is 2.18 bits per heavy atom. The van der Waals surface area contributed by atoms with Crippen LogP contribution in [0.1, 0.15) is 31.4 Å². The average molecular weight is 298 g/mol. The van der Waals surface area contributed by atoms with E-state index < -0.39 is 0 Å². The van der Waals surface area contributed by atoms with Gasteiger partial charge < -0.3 is 10.1 Å². The van der Waals surface area contributed by atoms with E-state index >= 15 is 0 Å². The highest BCUT2D eigenvalue weighted by Crippen LogP contribution is 2.31. The molecule has 1 aliphatic heterocycles. The van der Waals surface area contributed by atoms with Crippen molar-refractivity contribution in [1.29, 1.82) is 0 Å². The molecule has 1 aliphatic rings. The Labute approximate surface area is 112 Å². The number of benzene rings is 1. The first-order valence-electron chi connectivity index (χ1n) is 6.38. The third-order valence-electron chi connectivity index (χ3n) is 3.37. The Morgan fingerprint density at radius 1 is 1.41 bits per heavy atom. The van der Waals surface area contributed by atoms with Gasteiger partial charge in [-0.2, -0.15) is 0 Å². The van der Waals surface area contributed by atoms with E-state index in [1.54, 1.807) is 0 Å². The molecule has 2 nitrogen and oxygen atoms in total. The first-order chi connectivity index (χ1) is 8.31. The molecule has 1 N–H and O–H groups in total. The molecule has 0 amide bonds. The Balaban J connectivity index is 2.15. The lowest BCUT2D eigenvalue weighted by atomic mass is 9.87. The van der Waals surface area contributed by atoms with Gasteiger partial charge in [0.05, 0.1) is 0 Å². The van der Waals surface area contributed by atoms with Gasteiger partial charge in [-0.1, -0.05) is 35.0 Å². The van der Waals surface area contributed by atoms with Crippen LogP contribution in [0.3, 0.4) is 0 Å². The smallest absolute Gasteiger partial charge is 0.0469 e. The maximum Gasteiger partial charge on any atom is 0.0469 e. The van der Waals surface area contributed by atoms with Gasteiger partial charge in [0.2, 0.25) is 0 Å². The van der Waals surface area contributed by atoms with Gasteiger partial charge in [-0.15, -0.1) is 0 Å². The highest BCUT2D eigenvalue weighted by atomic mass is 79.9. The van der Waals surface area contributed by atoms with E-state index in [0.29, 0.717) is 12.0 Å². The molecule has 17 heavy (non-hydrogen) atoms. The lowest BCUT2D eigenvalue weighted by Gasteiger charge is -2.31. The molecule has 94 valence electrons. The van der Waals surface area contributed by atoms with Crippen LogP contribution in [-0.4, -0.2) is 19.8 Å². The largest absolute Gasteiger partial charge is 0.381 e. The zero-order valence-electron chi connectivity index (χ0n) is 10.3. The zero-order chi connectivity index (χ0) is 12.1. The van der Waals surface area contributed by atoms with Crippen molar-refractivity contribution in [2.45, 2.75) is 25.8 Å². The number of hydrogen-bond donors (Lipinski definition) is 1. The molecule has 0 aromatic heterocycles. The summed E-state index contributed by atoms with van der Waals surface area (Å²) in [7, 11) is 0. The van der Waals surface area contributed by atoms with E-state index in [9.17, 15) is 0 Å². The molecule has 1 aromatic rings. The van der Waals surface area contributed by atoms with E-state index in [1.807, 2.05) is 0 Å². The van der Waals surface area contributed by atoms with Crippen molar-refractivity contribution in [3.8, 4) is 0 Å². The van der Waals surface area contributed by atoms with E-state index in [2.05, 4.69) is 52.4 Å². The average Bonchev–Trinajstić information content (AvgIpc) is 2.37. The summed E-state index contributed by atoms with van der Waals surface area (Å²) >= 11 is 3.55. The maximum atomic E-state index is 5.45. The van der Waals surface area contributed by atoms with Crippen molar-refractivity contribution in [2.75, 3.05) is 19.8 Å².